The van der Waals surface area contributed by atoms with Crippen molar-refractivity contribution in [3.63, 3.8) is 0 Å². The molecule has 0 bridgehead atoms. The highest BCUT2D eigenvalue weighted by atomic mass is 35.7. The van der Waals surface area contributed by atoms with Crippen LogP contribution in [0.2, 0.25) is 0 Å². The molecule has 0 aliphatic heterocycles. The average molecular weight is 321 g/mol. The summed E-state index contributed by atoms with van der Waals surface area (Å²) in [5.41, 5.74) is 0.479. The Morgan fingerprint density at radius 3 is 2.05 bits per heavy atom. The van der Waals surface area contributed by atoms with Gasteiger partial charge in [0, 0.05) is 30.1 Å². The third-order valence-corrected chi connectivity index (χ3v) is 3.85. The zero-order valence-corrected chi connectivity index (χ0v) is 12.6. The maximum atomic E-state index is 11.4. The zero-order chi connectivity index (χ0) is 15.5. The Morgan fingerprint density at radius 2 is 1.65 bits per heavy atom. The SMILES string of the molecule is CC(=O)OC(OC(C)=O)c1cccc(S(=O)(=O)Cl)c1C. The van der Waals surface area contributed by atoms with Gasteiger partial charge in [-0.2, -0.15) is 0 Å². The first kappa shape index (κ1) is 16.5. The van der Waals surface area contributed by atoms with Crippen molar-refractivity contribution in [2.45, 2.75) is 32.0 Å². The van der Waals surface area contributed by atoms with Crippen LogP contribution in [0.1, 0.15) is 31.3 Å². The van der Waals surface area contributed by atoms with Crippen molar-refractivity contribution in [2.24, 2.45) is 0 Å². The quantitative estimate of drug-likeness (QED) is 0.479. The fourth-order valence-corrected chi connectivity index (χ4v) is 2.83. The lowest BCUT2D eigenvalue weighted by Crippen LogP contribution is -2.16. The molecule has 0 atom stereocenters. The summed E-state index contributed by atoms with van der Waals surface area (Å²) < 4.78 is 32.6. The van der Waals surface area contributed by atoms with Gasteiger partial charge in [0.05, 0.1) is 4.90 Å². The van der Waals surface area contributed by atoms with Crippen molar-refractivity contribution in [1.82, 2.24) is 0 Å². The van der Waals surface area contributed by atoms with Gasteiger partial charge in [0.1, 0.15) is 0 Å². The lowest BCUT2D eigenvalue weighted by molar-refractivity contribution is -0.186. The van der Waals surface area contributed by atoms with Gasteiger partial charge in [-0.3, -0.25) is 9.59 Å². The smallest absolute Gasteiger partial charge is 0.305 e. The molecule has 0 aliphatic carbocycles. The molecule has 0 fully saturated rings. The molecule has 0 amide bonds. The third kappa shape index (κ3) is 4.21. The molecule has 0 saturated carbocycles. The van der Waals surface area contributed by atoms with E-state index in [9.17, 15) is 18.0 Å². The molecule has 0 aromatic heterocycles. The second-order valence-electron chi connectivity index (χ2n) is 3.96. The van der Waals surface area contributed by atoms with Gasteiger partial charge in [0.2, 0.25) is 0 Å². The van der Waals surface area contributed by atoms with Gasteiger partial charge < -0.3 is 9.47 Å². The highest BCUT2D eigenvalue weighted by Crippen LogP contribution is 2.29. The first-order valence-corrected chi connectivity index (χ1v) is 7.82. The number of ether oxygens (including phenoxy) is 2. The van der Waals surface area contributed by atoms with Crippen LogP contribution in [0.15, 0.2) is 23.1 Å². The topological polar surface area (TPSA) is 86.7 Å². The number of hydrogen-bond donors (Lipinski definition) is 0. The standard InChI is InChI=1S/C12H13ClO6S/c1-7-10(5-4-6-11(7)20(13,16)17)12(18-8(2)14)19-9(3)15/h4-6,12H,1-3H3. The molecular formula is C12H13ClO6S. The summed E-state index contributed by atoms with van der Waals surface area (Å²) in [5.74, 6) is -1.34. The number of carbonyl (C=O) groups is 2. The minimum Gasteiger partial charge on any atom is -0.421 e. The van der Waals surface area contributed by atoms with Gasteiger partial charge >= 0.3 is 11.9 Å². The Morgan fingerprint density at radius 1 is 1.15 bits per heavy atom. The van der Waals surface area contributed by atoms with Crippen LogP contribution in [-0.4, -0.2) is 20.4 Å². The summed E-state index contributed by atoms with van der Waals surface area (Å²) in [4.78, 5) is 22.0. The van der Waals surface area contributed by atoms with Crippen LogP contribution in [0.5, 0.6) is 0 Å². The van der Waals surface area contributed by atoms with Crippen LogP contribution in [0.25, 0.3) is 0 Å². The Balaban J connectivity index is 3.33. The van der Waals surface area contributed by atoms with Crippen LogP contribution in [0, 0.1) is 6.92 Å². The van der Waals surface area contributed by atoms with E-state index in [1.54, 1.807) is 0 Å². The summed E-state index contributed by atoms with van der Waals surface area (Å²) in [6.45, 7) is 3.77. The van der Waals surface area contributed by atoms with E-state index in [-0.39, 0.29) is 16.0 Å². The lowest BCUT2D eigenvalue weighted by atomic mass is 10.1. The first-order valence-electron chi connectivity index (χ1n) is 5.51. The van der Waals surface area contributed by atoms with E-state index in [1.165, 1.54) is 25.1 Å². The van der Waals surface area contributed by atoms with E-state index < -0.39 is 27.3 Å². The van der Waals surface area contributed by atoms with E-state index in [0.29, 0.717) is 0 Å². The molecule has 1 rings (SSSR count). The number of benzene rings is 1. The molecule has 0 unspecified atom stereocenters. The summed E-state index contributed by atoms with van der Waals surface area (Å²) in [5, 5.41) is 0. The molecule has 0 saturated heterocycles. The largest absolute Gasteiger partial charge is 0.421 e. The van der Waals surface area contributed by atoms with Gasteiger partial charge in [-0.05, 0) is 18.6 Å². The van der Waals surface area contributed by atoms with E-state index in [1.807, 2.05) is 0 Å². The molecule has 1 aromatic carbocycles. The number of carbonyl (C=O) groups excluding carboxylic acids is 2. The summed E-state index contributed by atoms with van der Waals surface area (Å²) in [6, 6.07) is 4.20. The predicted molar refractivity (Wildman–Crippen MR) is 70.5 cm³/mol. The first-order chi connectivity index (χ1) is 9.12. The predicted octanol–water partition coefficient (Wildman–Crippen LogP) is 2.05. The van der Waals surface area contributed by atoms with Gasteiger partial charge in [0.25, 0.3) is 15.3 Å². The minimum atomic E-state index is -3.96. The maximum Gasteiger partial charge on any atom is 0.305 e. The van der Waals surface area contributed by atoms with Crippen molar-refractivity contribution in [1.29, 1.82) is 0 Å². The van der Waals surface area contributed by atoms with Crippen molar-refractivity contribution < 1.29 is 27.5 Å². The van der Waals surface area contributed by atoms with Crippen molar-refractivity contribution >= 4 is 31.7 Å². The van der Waals surface area contributed by atoms with Crippen molar-refractivity contribution in [3.8, 4) is 0 Å². The van der Waals surface area contributed by atoms with Gasteiger partial charge in [-0.25, -0.2) is 8.42 Å². The maximum absolute atomic E-state index is 11.4. The second-order valence-corrected chi connectivity index (χ2v) is 6.49. The number of rotatable bonds is 4. The van der Waals surface area contributed by atoms with Crippen LogP contribution in [0.4, 0.5) is 0 Å². The molecular weight excluding hydrogens is 308 g/mol. The molecule has 0 spiro atoms. The molecule has 1 aromatic rings. The van der Waals surface area contributed by atoms with Crippen LogP contribution >= 0.6 is 10.7 Å². The summed E-state index contributed by atoms with van der Waals surface area (Å²) in [7, 11) is 1.35. The fraction of sp³-hybridized carbons (Fsp3) is 0.333. The molecule has 6 nitrogen and oxygen atoms in total. The minimum absolute atomic E-state index is 0.138. The molecule has 20 heavy (non-hydrogen) atoms. The van der Waals surface area contributed by atoms with E-state index >= 15 is 0 Å². The van der Waals surface area contributed by atoms with Gasteiger partial charge in [0.15, 0.2) is 0 Å². The van der Waals surface area contributed by atoms with Crippen molar-refractivity contribution in [2.75, 3.05) is 0 Å². The summed E-state index contributed by atoms with van der Waals surface area (Å²) in [6.07, 6.45) is -1.32. The number of hydrogen-bond acceptors (Lipinski definition) is 6. The zero-order valence-electron chi connectivity index (χ0n) is 11.0. The molecule has 0 heterocycles. The lowest BCUT2D eigenvalue weighted by Gasteiger charge is -2.19. The van der Waals surface area contributed by atoms with Crippen LogP contribution in [0.3, 0.4) is 0 Å². The van der Waals surface area contributed by atoms with Crippen molar-refractivity contribution in [3.05, 3.63) is 29.3 Å². The van der Waals surface area contributed by atoms with Gasteiger partial charge in [-0.1, -0.05) is 12.1 Å². The molecule has 110 valence electrons. The Hall–Kier alpha value is -1.60. The average Bonchev–Trinajstić information content (AvgIpc) is 2.25. The molecule has 0 aliphatic rings. The van der Waals surface area contributed by atoms with Crippen LogP contribution < -0.4 is 0 Å². The molecule has 0 N–H and O–H groups in total. The second kappa shape index (κ2) is 6.23. The fourth-order valence-electron chi connectivity index (χ4n) is 1.60. The Kier molecular flexibility index (Phi) is 5.13. The van der Waals surface area contributed by atoms with E-state index in [2.05, 4.69) is 0 Å². The normalized spacial score (nSPS) is 11.2. The Labute approximate surface area is 121 Å². The Bertz CT molecular complexity index is 621. The van der Waals surface area contributed by atoms with Gasteiger partial charge in [-0.15, -0.1) is 0 Å². The highest BCUT2D eigenvalue weighted by molar-refractivity contribution is 8.13. The van der Waals surface area contributed by atoms with E-state index in [4.69, 9.17) is 20.2 Å². The molecule has 0 radical (unpaired) electrons. The monoisotopic (exact) mass is 320 g/mol. The summed E-state index contributed by atoms with van der Waals surface area (Å²) >= 11 is 0. The molecule has 8 heteroatoms. The third-order valence-electron chi connectivity index (χ3n) is 2.39. The van der Waals surface area contributed by atoms with Crippen LogP contribution in [-0.2, 0) is 28.1 Å². The number of halogens is 1. The van der Waals surface area contributed by atoms with E-state index in [0.717, 1.165) is 13.8 Å². The highest BCUT2D eigenvalue weighted by Gasteiger charge is 2.24. The number of esters is 2.